The van der Waals surface area contributed by atoms with Gasteiger partial charge < -0.3 is 20.1 Å². The molecule has 3 unspecified atom stereocenters. The molecule has 5 nitrogen and oxygen atoms in total. The van der Waals surface area contributed by atoms with Crippen LogP contribution >= 0.6 is 0 Å². The van der Waals surface area contributed by atoms with Crippen LogP contribution in [0.25, 0.3) is 0 Å². The van der Waals surface area contributed by atoms with Crippen molar-refractivity contribution < 1.29 is 14.3 Å². The fraction of sp³-hybridized carbons (Fsp3) is 0.923. The molecule has 2 heterocycles. The number of carbonyl (C=O) groups is 1. The zero-order chi connectivity index (χ0) is 12.8. The van der Waals surface area contributed by atoms with E-state index in [0.29, 0.717) is 38.4 Å². The van der Waals surface area contributed by atoms with Gasteiger partial charge in [0.05, 0.1) is 19.1 Å². The monoisotopic (exact) mass is 256 g/mol. The molecule has 0 aromatic carbocycles. The van der Waals surface area contributed by atoms with Crippen LogP contribution in [0.15, 0.2) is 0 Å². The minimum absolute atomic E-state index is 0.193. The number of fused-ring (bicyclic) bond motifs is 2. The molecule has 18 heavy (non-hydrogen) atoms. The van der Waals surface area contributed by atoms with E-state index in [4.69, 9.17) is 9.47 Å². The number of ether oxygens (including phenoxy) is 2. The number of nitrogens with one attached hydrogen (secondary N) is 2. The van der Waals surface area contributed by atoms with E-state index in [1.54, 1.807) is 7.11 Å². The van der Waals surface area contributed by atoms with E-state index in [-0.39, 0.29) is 11.8 Å². The van der Waals surface area contributed by atoms with Gasteiger partial charge in [-0.1, -0.05) is 0 Å². The van der Waals surface area contributed by atoms with E-state index in [2.05, 4.69) is 10.6 Å². The normalized spacial score (nSPS) is 29.7. The average Bonchev–Trinajstić information content (AvgIpc) is 2.99. The molecule has 0 spiro atoms. The molecule has 0 aliphatic carbocycles. The van der Waals surface area contributed by atoms with Crippen LogP contribution in [0.2, 0.25) is 0 Å². The van der Waals surface area contributed by atoms with E-state index in [9.17, 15) is 4.79 Å². The summed E-state index contributed by atoms with van der Waals surface area (Å²) in [6.07, 6.45) is 4.27. The molecule has 2 N–H and O–H groups in total. The maximum Gasteiger partial charge on any atom is 0.224 e. The Bertz CT molecular complexity index is 273. The third-order valence-corrected chi connectivity index (χ3v) is 3.83. The van der Waals surface area contributed by atoms with E-state index >= 15 is 0 Å². The lowest BCUT2D eigenvalue weighted by molar-refractivity contribution is -0.125. The molecule has 0 radical (unpaired) electrons. The van der Waals surface area contributed by atoms with Gasteiger partial charge in [0.15, 0.2) is 0 Å². The summed E-state index contributed by atoms with van der Waals surface area (Å²) in [6.45, 7) is 2.64. The van der Waals surface area contributed by atoms with Crippen LogP contribution in [0.4, 0.5) is 0 Å². The van der Waals surface area contributed by atoms with Gasteiger partial charge in [0, 0.05) is 32.3 Å². The van der Waals surface area contributed by atoms with Crippen molar-refractivity contribution in [2.45, 2.75) is 37.8 Å². The van der Waals surface area contributed by atoms with Crippen LogP contribution in [-0.4, -0.2) is 51.5 Å². The Labute approximate surface area is 109 Å². The summed E-state index contributed by atoms with van der Waals surface area (Å²) in [5.41, 5.74) is 0. The number of hydrogen-bond donors (Lipinski definition) is 2. The Morgan fingerprint density at radius 3 is 2.89 bits per heavy atom. The molecule has 5 heteroatoms. The quantitative estimate of drug-likeness (QED) is 0.613. The van der Waals surface area contributed by atoms with Crippen molar-refractivity contribution in [1.82, 2.24) is 10.6 Å². The van der Waals surface area contributed by atoms with Crippen molar-refractivity contribution in [3.05, 3.63) is 0 Å². The molecule has 3 atom stereocenters. The molecule has 2 saturated heterocycles. The van der Waals surface area contributed by atoms with Crippen LogP contribution in [0.1, 0.15) is 25.7 Å². The molecule has 0 aromatic heterocycles. The SMILES string of the molecule is COCCOCCCNC(=O)C1CC2CCC1N2. The van der Waals surface area contributed by atoms with Crippen LogP contribution in [0.3, 0.4) is 0 Å². The van der Waals surface area contributed by atoms with Gasteiger partial charge in [-0.25, -0.2) is 0 Å². The molecular weight excluding hydrogens is 232 g/mol. The second-order valence-corrected chi connectivity index (χ2v) is 5.14. The Kier molecular flexibility index (Phi) is 5.41. The molecule has 104 valence electrons. The van der Waals surface area contributed by atoms with Gasteiger partial charge in [0.25, 0.3) is 0 Å². The van der Waals surface area contributed by atoms with Crippen molar-refractivity contribution in [3.8, 4) is 0 Å². The van der Waals surface area contributed by atoms with Gasteiger partial charge in [0.1, 0.15) is 0 Å². The standard InChI is InChI=1S/C13H24N2O3/c1-17-7-8-18-6-2-5-14-13(16)11-9-10-3-4-12(11)15-10/h10-12,15H,2-9H2,1H3,(H,14,16). The largest absolute Gasteiger partial charge is 0.382 e. The van der Waals surface area contributed by atoms with Crippen molar-refractivity contribution in [1.29, 1.82) is 0 Å². The summed E-state index contributed by atoms with van der Waals surface area (Å²) in [6, 6.07) is 1.01. The molecule has 2 bridgehead atoms. The molecular formula is C13H24N2O3. The number of hydrogen-bond acceptors (Lipinski definition) is 4. The summed E-state index contributed by atoms with van der Waals surface area (Å²) in [5.74, 6) is 0.407. The third-order valence-electron chi connectivity index (χ3n) is 3.83. The average molecular weight is 256 g/mol. The number of amides is 1. The van der Waals surface area contributed by atoms with Crippen molar-refractivity contribution in [2.24, 2.45) is 5.92 Å². The molecule has 1 amide bonds. The number of rotatable bonds is 8. The molecule has 2 aliphatic heterocycles. The van der Waals surface area contributed by atoms with Crippen LogP contribution in [0, 0.1) is 5.92 Å². The first kappa shape index (κ1) is 13.8. The van der Waals surface area contributed by atoms with Crippen LogP contribution in [-0.2, 0) is 14.3 Å². The topological polar surface area (TPSA) is 59.6 Å². The first-order chi connectivity index (χ1) is 8.81. The van der Waals surface area contributed by atoms with E-state index < -0.39 is 0 Å². The van der Waals surface area contributed by atoms with Crippen LogP contribution in [0.5, 0.6) is 0 Å². The molecule has 2 rings (SSSR count). The van der Waals surface area contributed by atoms with E-state index in [0.717, 1.165) is 19.3 Å². The number of methoxy groups -OCH3 is 1. The minimum Gasteiger partial charge on any atom is -0.382 e. The third kappa shape index (κ3) is 3.67. The lowest BCUT2D eigenvalue weighted by Gasteiger charge is -2.19. The summed E-state index contributed by atoms with van der Waals surface area (Å²) in [4.78, 5) is 12.0. The molecule has 0 saturated carbocycles. The lowest BCUT2D eigenvalue weighted by Crippen LogP contribution is -2.38. The molecule has 0 aromatic rings. The fourth-order valence-corrected chi connectivity index (χ4v) is 2.88. The maximum absolute atomic E-state index is 12.0. The van der Waals surface area contributed by atoms with Gasteiger partial charge in [-0.2, -0.15) is 0 Å². The maximum atomic E-state index is 12.0. The highest BCUT2D eigenvalue weighted by atomic mass is 16.5. The van der Waals surface area contributed by atoms with Gasteiger partial charge >= 0.3 is 0 Å². The highest BCUT2D eigenvalue weighted by Gasteiger charge is 2.42. The lowest BCUT2D eigenvalue weighted by atomic mass is 9.88. The predicted octanol–water partition coefficient (Wildman–Crippen LogP) is 0.296. The highest BCUT2D eigenvalue weighted by Crippen LogP contribution is 2.33. The minimum atomic E-state index is 0.193. The smallest absolute Gasteiger partial charge is 0.224 e. The Hall–Kier alpha value is -0.650. The van der Waals surface area contributed by atoms with E-state index in [1.807, 2.05) is 0 Å². The summed E-state index contributed by atoms with van der Waals surface area (Å²) in [5, 5.41) is 6.49. The van der Waals surface area contributed by atoms with Crippen molar-refractivity contribution >= 4 is 5.91 Å². The van der Waals surface area contributed by atoms with Crippen molar-refractivity contribution in [2.75, 3.05) is 33.5 Å². The number of carbonyl (C=O) groups excluding carboxylic acids is 1. The highest BCUT2D eigenvalue weighted by molar-refractivity contribution is 5.80. The summed E-state index contributed by atoms with van der Waals surface area (Å²) < 4.78 is 10.2. The van der Waals surface area contributed by atoms with Gasteiger partial charge in [-0.15, -0.1) is 0 Å². The van der Waals surface area contributed by atoms with Gasteiger partial charge in [-0.3, -0.25) is 4.79 Å². The predicted molar refractivity (Wildman–Crippen MR) is 68.4 cm³/mol. The molecule has 2 fully saturated rings. The Balaban J connectivity index is 1.50. The Morgan fingerprint density at radius 2 is 2.22 bits per heavy atom. The fourth-order valence-electron chi connectivity index (χ4n) is 2.88. The molecule has 2 aliphatic rings. The zero-order valence-electron chi connectivity index (χ0n) is 11.1. The summed E-state index contributed by atoms with van der Waals surface area (Å²) in [7, 11) is 1.66. The van der Waals surface area contributed by atoms with E-state index in [1.165, 1.54) is 6.42 Å². The second kappa shape index (κ2) is 7.07. The first-order valence-electron chi connectivity index (χ1n) is 6.91. The van der Waals surface area contributed by atoms with Gasteiger partial charge in [0.2, 0.25) is 5.91 Å². The second-order valence-electron chi connectivity index (χ2n) is 5.14. The summed E-state index contributed by atoms with van der Waals surface area (Å²) >= 11 is 0. The first-order valence-corrected chi connectivity index (χ1v) is 6.91. The van der Waals surface area contributed by atoms with Crippen LogP contribution < -0.4 is 10.6 Å². The Morgan fingerprint density at radius 1 is 1.33 bits per heavy atom. The van der Waals surface area contributed by atoms with Crippen molar-refractivity contribution in [3.63, 3.8) is 0 Å². The van der Waals surface area contributed by atoms with Gasteiger partial charge in [-0.05, 0) is 25.7 Å². The zero-order valence-corrected chi connectivity index (χ0v) is 11.1.